The van der Waals surface area contributed by atoms with Gasteiger partial charge in [-0.2, -0.15) is 0 Å². The standard InChI is InChI=1S/C18H19ClFNOS/c1-11-4-5-14(8-12(11)2)13(3)21-18(22)10-23-15-6-7-17(20)16(19)9-15/h4-9,13H,10H2,1-3H3,(H,21,22)/t13-/m0/s1. The summed E-state index contributed by atoms with van der Waals surface area (Å²) in [5.41, 5.74) is 3.52. The topological polar surface area (TPSA) is 29.1 Å². The fourth-order valence-corrected chi connectivity index (χ4v) is 3.11. The Kier molecular flexibility index (Phi) is 6.08. The Balaban J connectivity index is 1.90. The Morgan fingerprint density at radius 2 is 1.96 bits per heavy atom. The van der Waals surface area contributed by atoms with E-state index < -0.39 is 5.82 Å². The normalized spacial score (nSPS) is 12.0. The summed E-state index contributed by atoms with van der Waals surface area (Å²) in [6.07, 6.45) is 0. The molecule has 0 bridgehead atoms. The highest BCUT2D eigenvalue weighted by Gasteiger charge is 2.11. The van der Waals surface area contributed by atoms with Crippen LogP contribution in [-0.4, -0.2) is 11.7 Å². The summed E-state index contributed by atoms with van der Waals surface area (Å²) in [6, 6.07) is 10.6. The maximum absolute atomic E-state index is 13.1. The molecular formula is C18H19ClFNOS. The molecule has 0 fully saturated rings. The summed E-state index contributed by atoms with van der Waals surface area (Å²) in [7, 11) is 0. The van der Waals surface area contributed by atoms with E-state index in [4.69, 9.17) is 11.6 Å². The quantitative estimate of drug-likeness (QED) is 0.762. The summed E-state index contributed by atoms with van der Waals surface area (Å²) in [5, 5.41) is 3.04. The van der Waals surface area contributed by atoms with Crippen LogP contribution >= 0.6 is 23.4 Å². The summed E-state index contributed by atoms with van der Waals surface area (Å²) < 4.78 is 13.1. The smallest absolute Gasteiger partial charge is 0.230 e. The summed E-state index contributed by atoms with van der Waals surface area (Å²) in [5.74, 6) is -0.262. The number of thioether (sulfide) groups is 1. The van der Waals surface area contributed by atoms with E-state index in [2.05, 4.69) is 31.3 Å². The van der Waals surface area contributed by atoms with E-state index in [-0.39, 0.29) is 22.7 Å². The van der Waals surface area contributed by atoms with Crippen LogP contribution in [0.15, 0.2) is 41.3 Å². The molecule has 0 aromatic heterocycles. The number of rotatable bonds is 5. The van der Waals surface area contributed by atoms with Crippen molar-refractivity contribution in [2.45, 2.75) is 31.7 Å². The van der Waals surface area contributed by atoms with E-state index >= 15 is 0 Å². The van der Waals surface area contributed by atoms with Crippen molar-refractivity contribution in [3.8, 4) is 0 Å². The first-order valence-electron chi connectivity index (χ1n) is 7.31. The first kappa shape index (κ1) is 17.8. The first-order valence-corrected chi connectivity index (χ1v) is 8.67. The van der Waals surface area contributed by atoms with Crippen molar-refractivity contribution in [3.63, 3.8) is 0 Å². The number of nitrogens with one attached hydrogen (secondary N) is 1. The van der Waals surface area contributed by atoms with Gasteiger partial charge in [0.25, 0.3) is 0 Å². The molecule has 5 heteroatoms. The van der Waals surface area contributed by atoms with Gasteiger partial charge in [-0.15, -0.1) is 11.8 Å². The molecule has 2 rings (SSSR count). The maximum Gasteiger partial charge on any atom is 0.230 e. The van der Waals surface area contributed by atoms with E-state index in [0.717, 1.165) is 10.5 Å². The van der Waals surface area contributed by atoms with E-state index in [1.165, 1.54) is 35.0 Å². The monoisotopic (exact) mass is 351 g/mol. The number of carbonyl (C=O) groups excluding carboxylic acids is 1. The summed E-state index contributed by atoms with van der Waals surface area (Å²) >= 11 is 7.06. The Labute approximate surface area is 145 Å². The van der Waals surface area contributed by atoms with Gasteiger partial charge in [0.1, 0.15) is 5.82 Å². The number of hydrogen-bond donors (Lipinski definition) is 1. The summed E-state index contributed by atoms with van der Waals surface area (Å²) in [6.45, 7) is 6.08. The average Bonchev–Trinajstić information content (AvgIpc) is 2.51. The van der Waals surface area contributed by atoms with Gasteiger partial charge in [0.15, 0.2) is 0 Å². The second-order valence-corrected chi connectivity index (χ2v) is 6.95. The molecule has 2 aromatic rings. The van der Waals surface area contributed by atoms with Gasteiger partial charge in [0, 0.05) is 4.90 Å². The van der Waals surface area contributed by atoms with Crippen LogP contribution in [-0.2, 0) is 4.79 Å². The minimum absolute atomic E-state index is 0.0563. The number of aryl methyl sites for hydroxylation is 2. The average molecular weight is 352 g/mol. The number of amides is 1. The third-order valence-corrected chi connectivity index (χ3v) is 4.95. The molecule has 0 saturated heterocycles. The molecule has 2 aromatic carbocycles. The zero-order valence-electron chi connectivity index (χ0n) is 13.3. The van der Waals surface area contributed by atoms with Crippen molar-refractivity contribution in [1.29, 1.82) is 0 Å². The zero-order chi connectivity index (χ0) is 17.0. The van der Waals surface area contributed by atoms with Crippen LogP contribution < -0.4 is 5.32 Å². The number of benzene rings is 2. The molecule has 0 aliphatic carbocycles. The second-order valence-electron chi connectivity index (χ2n) is 5.50. The Bertz CT molecular complexity index is 720. The molecule has 1 N–H and O–H groups in total. The highest BCUT2D eigenvalue weighted by molar-refractivity contribution is 8.00. The molecule has 0 saturated carbocycles. The van der Waals surface area contributed by atoms with Gasteiger partial charge in [-0.05, 0) is 55.7 Å². The maximum atomic E-state index is 13.1. The van der Waals surface area contributed by atoms with E-state index in [1.807, 2.05) is 13.0 Å². The van der Waals surface area contributed by atoms with Gasteiger partial charge >= 0.3 is 0 Å². The van der Waals surface area contributed by atoms with Crippen molar-refractivity contribution >= 4 is 29.3 Å². The molecule has 0 unspecified atom stereocenters. The molecule has 23 heavy (non-hydrogen) atoms. The third kappa shape index (κ3) is 4.98. The lowest BCUT2D eigenvalue weighted by atomic mass is 10.0. The lowest BCUT2D eigenvalue weighted by Crippen LogP contribution is -2.28. The number of carbonyl (C=O) groups is 1. The lowest BCUT2D eigenvalue weighted by molar-refractivity contribution is -0.119. The van der Waals surface area contributed by atoms with Gasteiger partial charge in [-0.1, -0.05) is 29.8 Å². The predicted octanol–water partition coefficient (Wildman–Crippen LogP) is 5.07. The number of halogens is 2. The molecule has 0 aliphatic rings. The van der Waals surface area contributed by atoms with Crippen molar-refractivity contribution in [3.05, 3.63) is 63.9 Å². The third-order valence-electron chi connectivity index (χ3n) is 3.67. The molecule has 122 valence electrons. The van der Waals surface area contributed by atoms with Crippen LogP contribution in [0.1, 0.15) is 29.7 Å². The molecule has 1 amide bonds. The van der Waals surface area contributed by atoms with Gasteiger partial charge < -0.3 is 5.32 Å². The van der Waals surface area contributed by atoms with Gasteiger partial charge in [-0.3, -0.25) is 4.79 Å². The molecular weight excluding hydrogens is 333 g/mol. The van der Waals surface area contributed by atoms with Crippen molar-refractivity contribution in [1.82, 2.24) is 5.32 Å². The van der Waals surface area contributed by atoms with Crippen LogP contribution in [0.25, 0.3) is 0 Å². The van der Waals surface area contributed by atoms with Crippen LogP contribution in [0.2, 0.25) is 5.02 Å². The van der Waals surface area contributed by atoms with Crippen molar-refractivity contribution < 1.29 is 9.18 Å². The molecule has 0 spiro atoms. The van der Waals surface area contributed by atoms with E-state index in [9.17, 15) is 9.18 Å². The van der Waals surface area contributed by atoms with Crippen LogP contribution in [0.3, 0.4) is 0 Å². The summed E-state index contributed by atoms with van der Waals surface area (Å²) in [4.78, 5) is 12.8. The fourth-order valence-electron chi connectivity index (χ4n) is 2.12. The Hall–Kier alpha value is -1.52. The van der Waals surface area contributed by atoms with E-state index in [0.29, 0.717) is 0 Å². The molecule has 0 heterocycles. The zero-order valence-corrected chi connectivity index (χ0v) is 14.9. The van der Waals surface area contributed by atoms with Crippen LogP contribution in [0.5, 0.6) is 0 Å². The highest BCUT2D eigenvalue weighted by atomic mass is 35.5. The second kappa shape index (κ2) is 7.84. The minimum Gasteiger partial charge on any atom is -0.349 e. The van der Waals surface area contributed by atoms with Gasteiger partial charge in [0.05, 0.1) is 16.8 Å². The van der Waals surface area contributed by atoms with Crippen LogP contribution in [0.4, 0.5) is 4.39 Å². The highest BCUT2D eigenvalue weighted by Crippen LogP contribution is 2.24. The van der Waals surface area contributed by atoms with Crippen LogP contribution in [0, 0.1) is 19.7 Å². The van der Waals surface area contributed by atoms with Gasteiger partial charge in [-0.25, -0.2) is 4.39 Å². The Morgan fingerprint density at radius 3 is 2.61 bits per heavy atom. The largest absolute Gasteiger partial charge is 0.349 e. The van der Waals surface area contributed by atoms with Gasteiger partial charge in [0.2, 0.25) is 5.91 Å². The van der Waals surface area contributed by atoms with E-state index in [1.54, 1.807) is 6.07 Å². The molecule has 1 atom stereocenters. The fraction of sp³-hybridized carbons (Fsp3) is 0.278. The SMILES string of the molecule is Cc1ccc([C@H](C)NC(=O)CSc2ccc(F)c(Cl)c2)cc1C. The lowest BCUT2D eigenvalue weighted by Gasteiger charge is -2.15. The predicted molar refractivity (Wildman–Crippen MR) is 94.6 cm³/mol. The molecule has 0 radical (unpaired) electrons. The van der Waals surface area contributed by atoms with Crippen molar-refractivity contribution in [2.75, 3.05) is 5.75 Å². The first-order chi connectivity index (χ1) is 10.9. The molecule has 2 nitrogen and oxygen atoms in total. The number of hydrogen-bond acceptors (Lipinski definition) is 2. The minimum atomic E-state index is -0.455. The van der Waals surface area contributed by atoms with Crippen molar-refractivity contribution in [2.24, 2.45) is 0 Å². The molecule has 0 aliphatic heterocycles. The Morgan fingerprint density at radius 1 is 1.22 bits per heavy atom.